The molecule has 0 saturated heterocycles. The number of aromatic nitrogens is 3. The number of rotatable bonds is 7. The first-order valence-electron chi connectivity index (χ1n) is 8.03. The molecule has 0 saturated carbocycles. The molecule has 0 atom stereocenters. The Hall–Kier alpha value is -3.15. The molecule has 0 aliphatic rings. The normalized spacial score (nSPS) is 11.0. The number of para-hydroxylation sites is 1. The van der Waals surface area contributed by atoms with Crippen LogP contribution in [0.2, 0.25) is 0 Å². The van der Waals surface area contributed by atoms with E-state index in [-0.39, 0.29) is 0 Å². The molecule has 3 aromatic rings. The Morgan fingerprint density at radius 1 is 0.960 bits per heavy atom. The maximum absolute atomic E-state index is 5.83. The number of hydrogen-bond donors (Lipinski definition) is 0. The summed E-state index contributed by atoms with van der Waals surface area (Å²) in [6.45, 7) is 5.08. The van der Waals surface area contributed by atoms with E-state index in [1.807, 2.05) is 36.4 Å². The minimum Gasteiger partial charge on any atom is -0.490 e. The van der Waals surface area contributed by atoms with Crippen LogP contribution in [0.25, 0.3) is 0 Å². The van der Waals surface area contributed by atoms with Crippen molar-refractivity contribution in [2.75, 3.05) is 13.2 Å². The monoisotopic (exact) mass is 336 g/mol. The van der Waals surface area contributed by atoms with Crippen LogP contribution in [0.15, 0.2) is 60.2 Å². The van der Waals surface area contributed by atoms with E-state index in [0.717, 1.165) is 17.1 Å². The van der Waals surface area contributed by atoms with Gasteiger partial charge in [0.05, 0.1) is 6.21 Å². The lowest BCUT2D eigenvalue weighted by Gasteiger charge is -2.11. The van der Waals surface area contributed by atoms with Gasteiger partial charge in [0, 0.05) is 5.56 Å². The number of benzene rings is 2. The van der Waals surface area contributed by atoms with Gasteiger partial charge in [-0.3, -0.25) is 0 Å². The summed E-state index contributed by atoms with van der Waals surface area (Å²) < 4.78 is 13.1. The lowest BCUT2D eigenvalue weighted by atomic mass is 10.1. The number of ether oxygens (including phenoxy) is 2. The second-order valence-electron chi connectivity index (χ2n) is 5.57. The smallest absolute Gasteiger partial charge is 0.141 e. The minimum atomic E-state index is 0.449. The molecule has 2 aromatic carbocycles. The van der Waals surface area contributed by atoms with Gasteiger partial charge in [-0.15, -0.1) is 10.2 Å². The molecule has 6 heteroatoms. The molecule has 1 heterocycles. The molecular weight excluding hydrogens is 316 g/mol. The van der Waals surface area contributed by atoms with Crippen LogP contribution in [-0.4, -0.2) is 34.3 Å². The predicted molar refractivity (Wildman–Crippen MR) is 96.4 cm³/mol. The highest BCUT2D eigenvalue weighted by Gasteiger charge is 2.02. The Kier molecular flexibility index (Phi) is 5.41. The molecule has 0 radical (unpaired) electrons. The van der Waals surface area contributed by atoms with E-state index >= 15 is 0 Å². The van der Waals surface area contributed by atoms with Crippen molar-refractivity contribution in [2.45, 2.75) is 13.8 Å². The van der Waals surface area contributed by atoms with Crippen molar-refractivity contribution in [3.8, 4) is 11.5 Å². The van der Waals surface area contributed by atoms with Crippen molar-refractivity contribution >= 4 is 6.21 Å². The second-order valence-corrected chi connectivity index (χ2v) is 5.57. The molecule has 0 aliphatic heterocycles. The molecule has 6 nitrogen and oxygen atoms in total. The zero-order chi connectivity index (χ0) is 17.5. The predicted octanol–water partition coefficient (Wildman–Crippen LogP) is 3.23. The van der Waals surface area contributed by atoms with E-state index < -0.39 is 0 Å². The molecule has 3 rings (SSSR count). The summed E-state index contributed by atoms with van der Waals surface area (Å²) in [5.41, 5.74) is 3.35. The maximum atomic E-state index is 5.83. The van der Waals surface area contributed by atoms with Crippen LogP contribution < -0.4 is 9.47 Å². The first kappa shape index (κ1) is 16.7. The molecule has 0 spiro atoms. The first-order valence-corrected chi connectivity index (χ1v) is 8.03. The summed E-state index contributed by atoms with van der Waals surface area (Å²) in [7, 11) is 0. The third-order valence-corrected chi connectivity index (χ3v) is 3.74. The molecule has 128 valence electrons. The first-order chi connectivity index (χ1) is 12.2. The lowest BCUT2D eigenvalue weighted by Crippen LogP contribution is -2.10. The van der Waals surface area contributed by atoms with E-state index in [2.05, 4.69) is 35.2 Å². The van der Waals surface area contributed by atoms with Gasteiger partial charge in [-0.2, -0.15) is 5.10 Å². The number of nitrogens with zero attached hydrogens (tertiary/aromatic N) is 4. The molecule has 0 unspecified atom stereocenters. The minimum absolute atomic E-state index is 0.449. The molecule has 0 fully saturated rings. The fraction of sp³-hybridized carbons (Fsp3) is 0.211. The van der Waals surface area contributed by atoms with Gasteiger partial charge in [0.15, 0.2) is 0 Å². The van der Waals surface area contributed by atoms with E-state index in [1.165, 1.54) is 28.5 Å². The highest BCUT2D eigenvalue weighted by Crippen LogP contribution is 2.18. The van der Waals surface area contributed by atoms with Crippen LogP contribution in [0.3, 0.4) is 0 Å². The van der Waals surface area contributed by atoms with E-state index in [1.54, 1.807) is 6.21 Å². The average Bonchev–Trinajstić information content (AvgIpc) is 3.14. The Morgan fingerprint density at radius 3 is 2.52 bits per heavy atom. The van der Waals surface area contributed by atoms with Gasteiger partial charge < -0.3 is 9.47 Å². The highest BCUT2D eigenvalue weighted by molar-refractivity contribution is 5.83. The average molecular weight is 336 g/mol. The van der Waals surface area contributed by atoms with Crippen LogP contribution in [0.5, 0.6) is 11.5 Å². The molecule has 0 N–H and O–H groups in total. The topological polar surface area (TPSA) is 61.5 Å². The molecular formula is C19H20N4O2. The molecule has 0 bridgehead atoms. The largest absolute Gasteiger partial charge is 0.490 e. The Labute approximate surface area is 146 Å². The SMILES string of the molecule is Cc1ccc(OCCOc2ccccc2/C=N/n2cnnc2)cc1C. The van der Waals surface area contributed by atoms with Crippen molar-refractivity contribution in [1.29, 1.82) is 0 Å². The summed E-state index contributed by atoms with van der Waals surface area (Å²) >= 11 is 0. The zero-order valence-corrected chi connectivity index (χ0v) is 14.3. The summed E-state index contributed by atoms with van der Waals surface area (Å²) in [4.78, 5) is 0. The van der Waals surface area contributed by atoms with E-state index in [9.17, 15) is 0 Å². The van der Waals surface area contributed by atoms with Crippen LogP contribution in [0, 0.1) is 13.8 Å². The summed E-state index contributed by atoms with van der Waals surface area (Å²) in [6.07, 6.45) is 4.76. The third-order valence-electron chi connectivity index (χ3n) is 3.74. The Bertz CT molecular complexity index is 844. The molecule has 25 heavy (non-hydrogen) atoms. The molecule has 0 aliphatic carbocycles. The van der Waals surface area contributed by atoms with Gasteiger partial charge in [0.25, 0.3) is 0 Å². The van der Waals surface area contributed by atoms with Crippen LogP contribution in [-0.2, 0) is 0 Å². The standard InChI is InChI=1S/C19H20N4O2/c1-15-7-8-18(11-16(15)2)24-9-10-25-19-6-4-3-5-17(19)12-22-23-13-20-21-14-23/h3-8,11-14H,9-10H2,1-2H3/b22-12+. The van der Waals surface area contributed by atoms with Crippen molar-refractivity contribution in [2.24, 2.45) is 5.10 Å². The zero-order valence-electron chi connectivity index (χ0n) is 14.3. The van der Waals surface area contributed by atoms with Gasteiger partial charge in [0.2, 0.25) is 0 Å². The summed E-state index contributed by atoms with van der Waals surface area (Å²) in [5.74, 6) is 1.61. The van der Waals surface area contributed by atoms with E-state index in [0.29, 0.717) is 13.2 Å². The van der Waals surface area contributed by atoms with Crippen molar-refractivity contribution in [3.05, 3.63) is 71.8 Å². The van der Waals surface area contributed by atoms with Crippen LogP contribution >= 0.6 is 0 Å². The van der Waals surface area contributed by atoms with Gasteiger partial charge in [-0.1, -0.05) is 18.2 Å². The van der Waals surface area contributed by atoms with Gasteiger partial charge >= 0.3 is 0 Å². The quantitative estimate of drug-likeness (QED) is 0.491. The number of hydrogen-bond acceptors (Lipinski definition) is 5. The van der Waals surface area contributed by atoms with Crippen molar-refractivity contribution in [3.63, 3.8) is 0 Å². The van der Waals surface area contributed by atoms with Gasteiger partial charge in [-0.25, -0.2) is 4.68 Å². The Morgan fingerprint density at radius 2 is 1.72 bits per heavy atom. The fourth-order valence-electron chi connectivity index (χ4n) is 2.22. The Balaban J connectivity index is 1.55. The summed E-state index contributed by atoms with van der Waals surface area (Å²) in [6, 6.07) is 13.8. The maximum Gasteiger partial charge on any atom is 0.141 e. The number of aryl methyl sites for hydroxylation is 2. The second kappa shape index (κ2) is 8.10. The highest BCUT2D eigenvalue weighted by atomic mass is 16.5. The molecule has 0 amide bonds. The fourth-order valence-corrected chi connectivity index (χ4v) is 2.22. The van der Waals surface area contributed by atoms with Crippen molar-refractivity contribution < 1.29 is 9.47 Å². The van der Waals surface area contributed by atoms with Gasteiger partial charge in [-0.05, 0) is 49.2 Å². The van der Waals surface area contributed by atoms with Gasteiger partial charge in [0.1, 0.15) is 37.4 Å². The third kappa shape index (κ3) is 4.67. The van der Waals surface area contributed by atoms with Crippen LogP contribution in [0.1, 0.15) is 16.7 Å². The summed E-state index contributed by atoms with van der Waals surface area (Å²) in [5, 5.41) is 11.7. The van der Waals surface area contributed by atoms with Crippen molar-refractivity contribution in [1.82, 2.24) is 14.9 Å². The van der Waals surface area contributed by atoms with Crippen LogP contribution in [0.4, 0.5) is 0 Å². The lowest BCUT2D eigenvalue weighted by molar-refractivity contribution is 0.217. The van der Waals surface area contributed by atoms with E-state index in [4.69, 9.17) is 9.47 Å². The molecule has 1 aromatic heterocycles.